The van der Waals surface area contributed by atoms with Gasteiger partial charge in [-0.3, -0.25) is 4.90 Å². The normalized spacial score (nSPS) is 21.1. The molecule has 0 bridgehead atoms. The number of nitrogens with zero attached hydrogens (tertiary/aromatic N) is 2. The number of aryl methyl sites for hydroxylation is 1. The molecule has 1 saturated heterocycles. The second-order valence-electron chi connectivity index (χ2n) is 10.2. The zero-order valence-corrected chi connectivity index (χ0v) is 22.5. The quantitative estimate of drug-likeness (QED) is 0.364. The van der Waals surface area contributed by atoms with Gasteiger partial charge in [0.2, 0.25) is 10.0 Å². The minimum absolute atomic E-state index is 0.180. The molecule has 0 saturated carbocycles. The Kier molecular flexibility index (Phi) is 6.86. The van der Waals surface area contributed by atoms with E-state index in [0.29, 0.717) is 31.1 Å². The van der Waals surface area contributed by atoms with E-state index in [1.807, 2.05) is 73.7 Å². The summed E-state index contributed by atoms with van der Waals surface area (Å²) >= 11 is 0. The fourth-order valence-electron chi connectivity index (χ4n) is 5.49. The number of nitrogens with one attached hydrogen (secondary N) is 1. The average Bonchev–Trinajstić information content (AvgIpc) is 2.94. The molecule has 0 aromatic heterocycles. The minimum Gasteiger partial charge on any atom is -0.453 e. The highest BCUT2D eigenvalue weighted by atomic mass is 32.2. The lowest BCUT2D eigenvalue weighted by Gasteiger charge is -2.48. The molecule has 2 N–H and O–H groups in total. The molecule has 6 rings (SSSR count). The molecule has 0 radical (unpaired) electrons. The van der Waals surface area contributed by atoms with Gasteiger partial charge in [0.05, 0.1) is 34.5 Å². The van der Waals surface area contributed by atoms with E-state index < -0.39 is 28.2 Å². The van der Waals surface area contributed by atoms with Gasteiger partial charge in [0, 0.05) is 19.6 Å². The van der Waals surface area contributed by atoms with Crippen LogP contribution in [0.25, 0.3) is 0 Å². The number of likely N-dealkylation sites (tertiary alicyclic amines) is 1. The molecule has 4 aromatic rings. The zero-order chi connectivity index (χ0) is 27.0. The van der Waals surface area contributed by atoms with Gasteiger partial charge in [-0.15, -0.1) is 0 Å². The van der Waals surface area contributed by atoms with E-state index >= 15 is 0 Å². The van der Waals surface area contributed by atoms with Crippen molar-refractivity contribution in [3.8, 4) is 11.5 Å². The van der Waals surface area contributed by atoms with Gasteiger partial charge in [-0.2, -0.15) is 0 Å². The molecule has 0 spiro atoms. The van der Waals surface area contributed by atoms with Crippen LogP contribution in [-0.2, 0) is 16.6 Å². The first-order valence-electron chi connectivity index (χ1n) is 13.1. The Balaban J connectivity index is 1.39. The minimum atomic E-state index is -3.86. The average molecular weight is 542 g/mol. The van der Waals surface area contributed by atoms with Crippen LogP contribution in [0, 0.1) is 6.92 Å². The maximum Gasteiger partial charge on any atom is 0.240 e. The van der Waals surface area contributed by atoms with Crippen LogP contribution in [0.2, 0.25) is 0 Å². The summed E-state index contributed by atoms with van der Waals surface area (Å²) in [4.78, 5) is 4.48. The first-order valence-corrected chi connectivity index (χ1v) is 14.6. The number of ether oxygens (including phenoxy) is 1. The molecule has 2 aliphatic rings. The number of para-hydroxylation sites is 4. The number of aliphatic hydroxyl groups excluding tert-OH is 1. The number of hydrogen-bond donors (Lipinski definition) is 2. The Morgan fingerprint density at radius 2 is 1.41 bits per heavy atom. The lowest BCUT2D eigenvalue weighted by molar-refractivity contribution is 0.0346. The second kappa shape index (κ2) is 10.5. The van der Waals surface area contributed by atoms with E-state index in [-0.39, 0.29) is 4.90 Å². The summed E-state index contributed by atoms with van der Waals surface area (Å²) < 4.78 is 35.9. The number of fused-ring (bicyclic) bond motifs is 2. The molecule has 2 aliphatic heterocycles. The van der Waals surface area contributed by atoms with Gasteiger partial charge in [-0.05, 0) is 48.9 Å². The van der Waals surface area contributed by atoms with Crippen LogP contribution in [0.5, 0.6) is 11.5 Å². The monoisotopic (exact) mass is 541 g/mol. The van der Waals surface area contributed by atoms with E-state index in [4.69, 9.17) is 4.74 Å². The zero-order valence-electron chi connectivity index (χ0n) is 21.6. The van der Waals surface area contributed by atoms with Gasteiger partial charge >= 0.3 is 0 Å². The summed E-state index contributed by atoms with van der Waals surface area (Å²) in [5.41, 5.74) is 3.77. The number of hydrogen-bond acceptors (Lipinski definition) is 6. The third-order valence-electron chi connectivity index (χ3n) is 7.39. The van der Waals surface area contributed by atoms with Crippen molar-refractivity contribution in [2.45, 2.75) is 36.6 Å². The molecular weight excluding hydrogens is 510 g/mol. The Labute approximate surface area is 229 Å². The molecule has 0 unspecified atom stereocenters. The largest absolute Gasteiger partial charge is 0.453 e. The van der Waals surface area contributed by atoms with Crippen LogP contribution in [0.4, 0.5) is 11.4 Å². The van der Waals surface area contributed by atoms with Gasteiger partial charge in [0.15, 0.2) is 11.5 Å². The maximum atomic E-state index is 13.4. The fourth-order valence-corrected chi connectivity index (χ4v) is 6.73. The lowest BCUT2D eigenvalue weighted by Crippen LogP contribution is -2.65. The van der Waals surface area contributed by atoms with Crippen molar-refractivity contribution in [3.63, 3.8) is 0 Å². The molecule has 7 nitrogen and oxygen atoms in total. The van der Waals surface area contributed by atoms with Gasteiger partial charge in [-0.25, -0.2) is 13.1 Å². The van der Waals surface area contributed by atoms with Crippen LogP contribution >= 0.6 is 0 Å². The molecule has 0 amide bonds. The Hall–Kier alpha value is -3.69. The highest BCUT2D eigenvalue weighted by Gasteiger charge is 2.43. The number of anilines is 2. The Morgan fingerprint density at radius 1 is 0.821 bits per heavy atom. The van der Waals surface area contributed by atoms with Gasteiger partial charge in [-0.1, -0.05) is 72.3 Å². The molecule has 2 heterocycles. The van der Waals surface area contributed by atoms with Crippen LogP contribution in [0.15, 0.2) is 108 Å². The summed E-state index contributed by atoms with van der Waals surface area (Å²) in [6.45, 7) is 3.44. The van der Waals surface area contributed by atoms with Gasteiger partial charge < -0.3 is 14.7 Å². The van der Waals surface area contributed by atoms with Crippen LogP contribution < -0.4 is 14.4 Å². The maximum absolute atomic E-state index is 13.4. The molecular formula is C31H31N3O4S. The second-order valence-corrected chi connectivity index (χ2v) is 11.9. The first-order chi connectivity index (χ1) is 18.9. The number of rotatable bonds is 6. The number of piperidine rings is 1. The van der Waals surface area contributed by atoms with Crippen molar-refractivity contribution in [3.05, 3.63) is 114 Å². The number of aliphatic hydroxyl groups is 1. The predicted molar refractivity (Wildman–Crippen MR) is 152 cm³/mol. The summed E-state index contributed by atoms with van der Waals surface area (Å²) in [7, 11) is -3.86. The van der Waals surface area contributed by atoms with Crippen molar-refractivity contribution < 1.29 is 18.3 Å². The molecule has 200 valence electrons. The molecule has 8 heteroatoms. The van der Waals surface area contributed by atoms with Gasteiger partial charge in [0.25, 0.3) is 0 Å². The van der Waals surface area contributed by atoms with Crippen molar-refractivity contribution in [2.24, 2.45) is 0 Å². The van der Waals surface area contributed by atoms with Gasteiger partial charge in [0.1, 0.15) is 0 Å². The van der Waals surface area contributed by atoms with Crippen LogP contribution in [0.1, 0.15) is 11.1 Å². The molecule has 1 fully saturated rings. The summed E-state index contributed by atoms with van der Waals surface area (Å²) in [6, 6.07) is 31.1. The first kappa shape index (κ1) is 25.6. The molecule has 4 aromatic carbocycles. The van der Waals surface area contributed by atoms with Crippen molar-refractivity contribution in [1.29, 1.82) is 0 Å². The highest BCUT2D eigenvalue weighted by Crippen LogP contribution is 2.48. The predicted octanol–water partition coefficient (Wildman–Crippen LogP) is 4.83. The van der Waals surface area contributed by atoms with E-state index in [2.05, 4.69) is 26.7 Å². The molecule has 39 heavy (non-hydrogen) atoms. The summed E-state index contributed by atoms with van der Waals surface area (Å²) in [5, 5.41) is 11.8. The Morgan fingerprint density at radius 3 is 2.05 bits per heavy atom. The SMILES string of the molecule is Cc1ccc(S(=O)(=O)N[C@@H]2CN(Cc3ccccc3)C[C@H](N3c4ccccc4Oc4ccccc43)[C@H]2O)cc1. The lowest BCUT2D eigenvalue weighted by atomic mass is 9.94. The van der Waals surface area contributed by atoms with E-state index in [0.717, 1.165) is 22.5 Å². The van der Waals surface area contributed by atoms with E-state index in [1.54, 1.807) is 24.3 Å². The highest BCUT2D eigenvalue weighted by molar-refractivity contribution is 7.89. The standard InChI is InChI=1S/C31H31N3O4S/c1-22-15-17-24(18-16-22)39(36,37)32-25-20-33(19-23-9-3-2-4-10-23)21-28(31(25)35)34-26-11-5-7-13-29(26)38-30-14-8-6-12-27(30)34/h2-18,25,28,31-32,35H,19-21H2,1H3/t25-,28+,31+/m1/s1. The number of benzene rings is 4. The van der Waals surface area contributed by atoms with E-state index in [1.165, 1.54) is 0 Å². The smallest absolute Gasteiger partial charge is 0.240 e. The molecule has 3 atom stereocenters. The Bertz CT molecular complexity index is 1520. The fraction of sp³-hybridized carbons (Fsp3) is 0.226. The summed E-state index contributed by atoms with van der Waals surface area (Å²) in [5.74, 6) is 1.39. The topological polar surface area (TPSA) is 82.1 Å². The van der Waals surface area contributed by atoms with E-state index in [9.17, 15) is 13.5 Å². The summed E-state index contributed by atoms with van der Waals surface area (Å²) in [6.07, 6.45) is -0.989. The molecule has 0 aliphatic carbocycles. The third-order valence-corrected chi connectivity index (χ3v) is 8.90. The van der Waals surface area contributed by atoms with Crippen molar-refractivity contribution in [2.75, 3.05) is 18.0 Å². The number of sulfonamides is 1. The van der Waals surface area contributed by atoms with Crippen LogP contribution in [0.3, 0.4) is 0 Å². The van der Waals surface area contributed by atoms with Crippen LogP contribution in [-0.4, -0.2) is 49.7 Å². The third kappa shape index (κ3) is 5.16. The van der Waals surface area contributed by atoms with Crippen molar-refractivity contribution >= 4 is 21.4 Å². The van der Waals surface area contributed by atoms with Crippen molar-refractivity contribution in [1.82, 2.24) is 9.62 Å².